The van der Waals surface area contributed by atoms with Crippen molar-refractivity contribution in [1.82, 2.24) is 5.32 Å². The van der Waals surface area contributed by atoms with E-state index in [-0.39, 0.29) is 12.3 Å². The Kier molecular flexibility index (Phi) is 6.12. The summed E-state index contributed by atoms with van der Waals surface area (Å²) in [6.07, 6.45) is 1.13. The zero-order valence-electron chi connectivity index (χ0n) is 10.5. The zero-order chi connectivity index (χ0) is 14.4. The lowest BCUT2D eigenvalue weighted by Crippen LogP contribution is -2.41. The Hall–Kier alpha value is -1.26. The van der Waals surface area contributed by atoms with Crippen LogP contribution >= 0.6 is 23.2 Å². The van der Waals surface area contributed by atoms with Crippen LogP contribution in [-0.2, 0) is 16.0 Å². The number of hydrogen-bond donors (Lipinski definition) is 2. The van der Waals surface area contributed by atoms with Gasteiger partial charge in [-0.1, -0.05) is 36.5 Å². The average Bonchev–Trinajstić information content (AvgIpc) is 2.26. The molecule has 0 aliphatic heterocycles. The van der Waals surface area contributed by atoms with Gasteiger partial charge in [0, 0.05) is 10.0 Å². The highest BCUT2D eigenvalue weighted by Crippen LogP contribution is 2.19. The van der Waals surface area contributed by atoms with E-state index in [4.69, 9.17) is 28.3 Å². The number of hydrogen-bond acceptors (Lipinski definition) is 2. The third-order valence-corrected chi connectivity index (χ3v) is 2.93. The Labute approximate surface area is 121 Å². The first-order valence-corrected chi connectivity index (χ1v) is 6.65. The van der Waals surface area contributed by atoms with Gasteiger partial charge in [-0.3, -0.25) is 4.79 Å². The monoisotopic (exact) mass is 303 g/mol. The van der Waals surface area contributed by atoms with E-state index in [2.05, 4.69) is 5.32 Å². The Morgan fingerprint density at radius 2 is 1.84 bits per heavy atom. The van der Waals surface area contributed by atoms with Crippen molar-refractivity contribution < 1.29 is 14.7 Å². The van der Waals surface area contributed by atoms with Crippen LogP contribution in [0.2, 0.25) is 10.0 Å². The first kappa shape index (κ1) is 15.8. The van der Waals surface area contributed by atoms with E-state index in [0.717, 1.165) is 0 Å². The quantitative estimate of drug-likeness (QED) is 0.849. The summed E-state index contributed by atoms with van der Waals surface area (Å²) in [4.78, 5) is 22.7. The third-order valence-electron chi connectivity index (χ3n) is 2.50. The molecule has 0 saturated carbocycles. The number of carbonyl (C=O) groups is 2. The van der Waals surface area contributed by atoms with Gasteiger partial charge in [-0.15, -0.1) is 0 Å². The molecule has 1 atom stereocenters. The molecule has 0 aromatic heterocycles. The second-order valence-corrected chi connectivity index (χ2v) is 5.07. The van der Waals surface area contributed by atoms with Crippen molar-refractivity contribution in [1.29, 1.82) is 0 Å². The summed E-state index contributed by atoms with van der Waals surface area (Å²) in [6.45, 7) is 1.86. The van der Waals surface area contributed by atoms with Crippen LogP contribution in [0, 0.1) is 0 Å². The van der Waals surface area contributed by atoms with Crippen molar-refractivity contribution in [3.63, 3.8) is 0 Å². The van der Waals surface area contributed by atoms with E-state index < -0.39 is 12.0 Å². The van der Waals surface area contributed by atoms with E-state index in [1.54, 1.807) is 18.2 Å². The minimum absolute atomic E-state index is 0.0494. The van der Waals surface area contributed by atoms with Crippen molar-refractivity contribution in [2.24, 2.45) is 0 Å². The maximum Gasteiger partial charge on any atom is 0.326 e. The van der Waals surface area contributed by atoms with E-state index >= 15 is 0 Å². The predicted octanol–water partition coefficient (Wildman–Crippen LogP) is 2.91. The number of rotatable bonds is 6. The highest BCUT2D eigenvalue weighted by Gasteiger charge is 2.18. The Morgan fingerprint density at radius 1 is 1.26 bits per heavy atom. The second-order valence-electron chi connectivity index (χ2n) is 4.20. The fourth-order valence-electron chi connectivity index (χ4n) is 1.69. The Balaban J connectivity index is 2.66. The number of amides is 1. The summed E-state index contributed by atoms with van der Waals surface area (Å²) in [5.74, 6) is -1.39. The molecule has 0 radical (unpaired) electrons. The predicted molar refractivity (Wildman–Crippen MR) is 74.6 cm³/mol. The van der Waals surface area contributed by atoms with Crippen LogP contribution in [0.5, 0.6) is 0 Å². The SMILES string of the molecule is CCCC(NC(=O)Cc1cc(Cl)cc(Cl)c1)C(=O)O. The van der Waals surface area contributed by atoms with Crippen molar-refractivity contribution in [3.05, 3.63) is 33.8 Å². The molecule has 2 N–H and O–H groups in total. The molecular formula is C13H15Cl2NO3. The van der Waals surface area contributed by atoms with Gasteiger partial charge >= 0.3 is 5.97 Å². The smallest absolute Gasteiger partial charge is 0.326 e. The zero-order valence-corrected chi connectivity index (χ0v) is 12.0. The molecule has 6 heteroatoms. The molecule has 1 aromatic rings. The molecule has 0 fully saturated rings. The molecule has 0 heterocycles. The van der Waals surface area contributed by atoms with Gasteiger partial charge in [-0.2, -0.15) is 0 Å². The topological polar surface area (TPSA) is 66.4 Å². The van der Waals surface area contributed by atoms with Crippen LogP contribution in [0.15, 0.2) is 18.2 Å². The average molecular weight is 304 g/mol. The van der Waals surface area contributed by atoms with Gasteiger partial charge in [0.25, 0.3) is 0 Å². The van der Waals surface area contributed by atoms with Crippen molar-refractivity contribution in [2.75, 3.05) is 0 Å². The summed E-state index contributed by atoms with van der Waals surface area (Å²) in [5, 5.41) is 12.3. The summed E-state index contributed by atoms with van der Waals surface area (Å²) >= 11 is 11.7. The molecule has 1 amide bonds. The molecule has 1 rings (SSSR count). The number of aliphatic carboxylic acids is 1. The fraction of sp³-hybridized carbons (Fsp3) is 0.385. The Morgan fingerprint density at radius 3 is 2.32 bits per heavy atom. The van der Waals surface area contributed by atoms with Gasteiger partial charge in [-0.05, 0) is 30.2 Å². The number of nitrogens with one attached hydrogen (secondary N) is 1. The molecule has 0 bridgehead atoms. The third kappa shape index (κ3) is 5.49. The minimum Gasteiger partial charge on any atom is -0.480 e. The fourth-order valence-corrected chi connectivity index (χ4v) is 2.26. The van der Waals surface area contributed by atoms with E-state index in [9.17, 15) is 9.59 Å². The molecular weight excluding hydrogens is 289 g/mol. The molecule has 4 nitrogen and oxygen atoms in total. The lowest BCUT2D eigenvalue weighted by Gasteiger charge is -2.13. The van der Waals surface area contributed by atoms with Gasteiger partial charge in [-0.25, -0.2) is 4.79 Å². The summed E-state index contributed by atoms with van der Waals surface area (Å²) in [6, 6.07) is 3.97. The van der Waals surface area contributed by atoms with Crippen molar-refractivity contribution >= 4 is 35.1 Å². The molecule has 0 spiro atoms. The van der Waals surface area contributed by atoms with Gasteiger partial charge in [0.2, 0.25) is 5.91 Å². The van der Waals surface area contributed by atoms with Crippen LogP contribution < -0.4 is 5.32 Å². The summed E-state index contributed by atoms with van der Waals surface area (Å²) in [5.41, 5.74) is 0.649. The van der Waals surface area contributed by atoms with Gasteiger partial charge in [0.15, 0.2) is 0 Å². The van der Waals surface area contributed by atoms with Crippen LogP contribution in [0.3, 0.4) is 0 Å². The molecule has 104 valence electrons. The summed E-state index contributed by atoms with van der Waals surface area (Å²) in [7, 11) is 0. The van der Waals surface area contributed by atoms with Gasteiger partial charge in [0.05, 0.1) is 6.42 Å². The number of halogens is 2. The minimum atomic E-state index is -1.03. The van der Waals surface area contributed by atoms with Gasteiger partial charge in [0.1, 0.15) is 6.04 Å². The highest BCUT2D eigenvalue weighted by molar-refractivity contribution is 6.34. The number of carboxylic acid groups (broad SMARTS) is 1. The van der Waals surface area contributed by atoms with E-state index in [1.807, 2.05) is 6.92 Å². The molecule has 19 heavy (non-hydrogen) atoms. The standard InChI is InChI=1S/C13H15Cl2NO3/c1-2-3-11(13(18)19)16-12(17)6-8-4-9(14)7-10(15)5-8/h4-5,7,11H,2-3,6H2,1H3,(H,16,17)(H,18,19). The first-order valence-electron chi connectivity index (χ1n) is 5.89. The number of carboxylic acids is 1. The molecule has 1 unspecified atom stereocenters. The lowest BCUT2D eigenvalue weighted by molar-refractivity contribution is -0.141. The maximum absolute atomic E-state index is 11.8. The lowest BCUT2D eigenvalue weighted by atomic mass is 10.1. The van der Waals surface area contributed by atoms with Crippen molar-refractivity contribution in [3.8, 4) is 0 Å². The van der Waals surface area contributed by atoms with Gasteiger partial charge < -0.3 is 10.4 Å². The summed E-state index contributed by atoms with van der Waals surface area (Å²) < 4.78 is 0. The normalized spacial score (nSPS) is 11.9. The van der Waals surface area contributed by atoms with Crippen molar-refractivity contribution in [2.45, 2.75) is 32.2 Å². The molecule has 0 aliphatic carbocycles. The second kappa shape index (κ2) is 7.36. The number of benzene rings is 1. The first-order chi connectivity index (χ1) is 8.92. The maximum atomic E-state index is 11.8. The van der Waals surface area contributed by atoms with Crippen LogP contribution in [0.1, 0.15) is 25.3 Å². The number of carbonyl (C=O) groups excluding carboxylic acids is 1. The molecule has 1 aromatic carbocycles. The van der Waals surface area contributed by atoms with Crippen LogP contribution in [-0.4, -0.2) is 23.0 Å². The Bertz CT molecular complexity index is 457. The van der Waals surface area contributed by atoms with E-state index in [0.29, 0.717) is 28.5 Å². The van der Waals surface area contributed by atoms with Crippen LogP contribution in [0.25, 0.3) is 0 Å². The van der Waals surface area contributed by atoms with E-state index in [1.165, 1.54) is 0 Å². The molecule has 0 aliphatic rings. The largest absolute Gasteiger partial charge is 0.480 e. The molecule has 0 saturated heterocycles. The van der Waals surface area contributed by atoms with Crippen LogP contribution in [0.4, 0.5) is 0 Å². The highest BCUT2D eigenvalue weighted by atomic mass is 35.5.